The lowest BCUT2D eigenvalue weighted by molar-refractivity contribution is -0.140. The van der Waals surface area contributed by atoms with Gasteiger partial charge in [-0.2, -0.15) is 18.4 Å². The van der Waals surface area contributed by atoms with E-state index in [0.29, 0.717) is 16.3 Å². The Morgan fingerprint density at radius 1 is 1.19 bits per heavy atom. The summed E-state index contributed by atoms with van der Waals surface area (Å²) < 4.78 is 60.5. The summed E-state index contributed by atoms with van der Waals surface area (Å²) in [6, 6.07) is 9.35. The first-order valence-electron chi connectivity index (χ1n) is 9.27. The molecule has 0 bridgehead atoms. The smallest absolute Gasteiger partial charge is 0.420 e. The van der Waals surface area contributed by atoms with E-state index >= 15 is 0 Å². The summed E-state index contributed by atoms with van der Waals surface area (Å²) in [5, 5.41) is 17.6. The van der Waals surface area contributed by atoms with Crippen LogP contribution >= 0.6 is 12.2 Å². The third kappa shape index (κ3) is 3.87. The van der Waals surface area contributed by atoms with Crippen LogP contribution in [0, 0.1) is 17.1 Å². The molecule has 11 heteroatoms. The first kappa shape index (κ1) is 23.4. The minimum atomic E-state index is -5.14. The molecule has 0 radical (unpaired) electrons. The maximum Gasteiger partial charge on any atom is 0.420 e. The predicted octanol–water partition coefficient (Wildman–Crippen LogP) is 4.00. The Hall–Kier alpha value is -3.23. The Balaban J connectivity index is 2.07. The van der Waals surface area contributed by atoms with Gasteiger partial charge in [-0.1, -0.05) is 0 Å². The van der Waals surface area contributed by atoms with Crippen LogP contribution in [-0.4, -0.2) is 34.9 Å². The van der Waals surface area contributed by atoms with Crippen LogP contribution in [0.25, 0.3) is 0 Å². The summed E-state index contributed by atoms with van der Waals surface area (Å²) in [4.78, 5) is 15.2. The van der Waals surface area contributed by atoms with Crippen LogP contribution in [0.4, 0.5) is 28.9 Å². The largest absolute Gasteiger partial charge is 0.491 e. The number of anilines is 2. The van der Waals surface area contributed by atoms with E-state index in [1.165, 1.54) is 24.8 Å². The SMILES string of the molecule is CC1(C)C(=O)N(c2ccc(C#N)c(C(F)(F)F)c2F)C(=S)N1c1ccc(OCCO)cc1. The zero-order valence-corrected chi connectivity index (χ0v) is 17.7. The lowest BCUT2D eigenvalue weighted by atomic mass is 10.0. The number of alkyl halides is 3. The van der Waals surface area contributed by atoms with Crippen LogP contribution in [0.1, 0.15) is 25.0 Å². The van der Waals surface area contributed by atoms with Crippen LogP contribution in [0.5, 0.6) is 5.75 Å². The maximum atomic E-state index is 15.0. The van der Waals surface area contributed by atoms with E-state index in [1.54, 1.807) is 24.3 Å². The number of aliphatic hydroxyl groups is 1. The fourth-order valence-electron chi connectivity index (χ4n) is 3.40. The van der Waals surface area contributed by atoms with E-state index in [-0.39, 0.29) is 18.3 Å². The van der Waals surface area contributed by atoms with Gasteiger partial charge in [0.25, 0.3) is 5.91 Å². The summed E-state index contributed by atoms with van der Waals surface area (Å²) in [5.41, 5.74) is -4.26. The molecule has 1 aliphatic rings. The van der Waals surface area contributed by atoms with Crippen molar-refractivity contribution in [2.24, 2.45) is 0 Å². The van der Waals surface area contributed by atoms with Gasteiger partial charge in [-0.25, -0.2) is 4.39 Å². The van der Waals surface area contributed by atoms with Crippen molar-refractivity contribution >= 4 is 34.6 Å². The summed E-state index contributed by atoms with van der Waals surface area (Å²) >= 11 is 5.37. The standard InChI is InChI=1S/C21H17F4N3O3S/c1-20(2)18(30)27(15-8-3-12(11-26)16(17(15)22)21(23,24)25)19(32)28(20)13-4-6-14(7-5-13)31-10-9-29/h3-8,29H,9-10H2,1-2H3. The number of nitriles is 1. The van der Waals surface area contributed by atoms with Gasteiger partial charge in [0.15, 0.2) is 10.9 Å². The number of ether oxygens (including phenoxy) is 1. The Morgan fingerprint density at radius 2 is 1.81 bits per heavy atom. The van der Waals surface area contributed by atoms with E-state index in [1.807, 2.05) is 0 Å². The number of halogens is 4. The number of aliphatic hydroxyl groups excluding tert-OH is 1. The molecule has 0 unspecified atom stereocenters. The summed E-state index contributed by atoms with van der Waals surface area (Å²) in [7, 11) is 0. The zero-order chi connectivity index (χ0) is 23.8. The van der Waals surface area contributed by atoms with E-state index in [2.05, 4.69) is 0 Å². The van der Waals surface area contributed by atoms with Crippen LogP contribution in [0.2, 0.25) is 0 Å². The number of hydrogen-bond donors (Lipinski definition) is 1. The second-order valence-electron chi connectivity index (χ2n) is 7.31. The molecule has 0 spiro atoms. The van der Waals surface area contributed by atoms with Gasteiger partial charge in [-0.15, -0.1) is 0 Å². The minimum absolute atomic E-state index is 0.0821. The molecule has 3 rings (SSSR count). The average Bonchev–Trinajstić information content (AvgIpc) is 2.90. The molecule has 0 atom stereocenters. The Bertz CT molecular complexity index is 1110. The van der Waals surface area contributed by atoms with Gasteiger partial charge >= 0.3 is 6.18 Å². The molecule has 1 saturated heterocycles. The highest BCUT2D eigenvalue weighted by molar-refractivity contribution is 7.81. The highest BCUT2D eigenvalue weighted by Gasteiger charge is 2.51. The molecule has 168 valence electrons. The molecule has 2 aromatic rings. The summed E-state index contributed by atoms with van der Waals surface area (Å²) in [5.74, 6) is -2.04. The lowest BCUT2D eigenvalue weighted by Crippen LogP contribution is -2.44. The first-order valence-corrected chi connectivity index (χ1v) is 9.68. The highest BCUT2D eigenvalue weighted by atomic mass is 32.1. The molecular formula is C21H17F4N3O3S. The Morgan fingerprint density at radius 3 is 2.34 bits per heavy atom. The zero-order valence-electron chi connectivity index (χ0n) is 16.9. The van der Waals surface area contributed by atoms with Gasteiger partial charge in [-0.05, 0) is 62.5 Å². The predicted molar refractivity (Wildman–Crippen MR) is 112 cm³/mol. The van der Waals surface area contributed by atoms with Crippen molar-refractivity contribution in [3.8, 4) is 11.8 Å². The number of rotatable bonds is 5. The van der Waals surface area contributed by atoms with Gasteiger partial charge in [0.2, 0.25) is 0 Å². The average molecular weight is 467 g/mol. The molecule has 0 saturated carbocycles. The van der Waals surface area contributed by atoms with Crippen molar-refractivity contribution in [2.75, 3.05) is 23.0 Å². The third-order valence-corrected chi connectivity index (χ3v) is 5.25. The first-order chi connectivity index (χ1) is 14.9. The number of thiocarbonyl (C=S) groups is 1. The van der Waals surface area contributed by atoms with E-state index < -0.39 is 40.3 Å². The molecular weight excluding hydrogens is 450 g/mol. The Labute approximate surface area is 186 Å². The normalized spacial score (nSPS) is 15.8. The number of amides is 1. The van der Waals surface area contributed by atoms with Gasteiger partial charge in [0.1, 0.15) is 23.5 Å². The van der Waals surface area contributed by atoms with Gasteiger partial charge < -0.3 is 14.7 Å². The van der Waals surface area contributed by atoms with Crippen LogP contribution in [0.15, 0.2) is 36.4 Å². The highest BCUT2D eigenvalue weighted by Crippen LogP contribution is 2.42. The van der Waals surface area contributed by atoms with Crippen molar-refractivity contribution < 1.29 is 32.2 Å². The summed E-state index contributed by atoms with van der Waals surface area (Å²) in [6.07, 6.45) is -5.14. The Kier molecular flexibility index (Phi) is 6.13. The lowest BCUT2D eigenvalue weighted by Gasteiger charge is -2.29. The number of carbonyl (C=O) groups excluding carboxylic acids is 1. The van der Waals surface area contributed by atoms with E-state index in [0.717, 1.165) is 12.1 Å². The van der Waals surface area contributed by atoms with Crippen molar-refractivity contribution in [3.63, 3.8) is 0 Å². The van der Waals surface area contributed by atoms with Gasteiger partial charge in [-0.3, -0.25) is 9.69 Å². The molecule has 32 heavy (non-hydrogen) atoms. The van der Waals surface area contributed by atoms with Crippen molar-refractivity contribution in [1.82, 2.24) is 0 Å². The van der Waals surface area contributed by atoms with E-state index in [4.69, 9.17) is 27.3 Å². The fraction of sp³-hybridized carbons (Fsp3) is 0.286. The molecule has 1 fully saturated rings. The monoisotopic (exact) mass is 467 g/mol. The number of nitrogens with zero attached hydrogens (tertiary/aromatic N) is 3. The molecule has 1 amide bonds. The van der Waals surface area contributed by atoms with Crippen molar-refractivity contribution in [3.05, 3.63) is 53.3 Å². The second kappa shape index (κ2) is 8.37. The topological polar surface area (TPSA) is 76.8 Å². The minimum Gasteiger partial charge on any atom is -0.491 e. The van der Waals surface area contributed by atoms with Crippen LogP contribution < -0.4 is 14.5 Å². The summed E-state index contributed by atoms with van der Waals surface area (Å²) in [6.45, 7) is 2.91. The second-order valence-corrected chi connectivity index (χ2v) is 7.68. The van der Waals surface area contributed by atoms with Crippen molar-refractivity contribution in [2.45, 2.75) is 25.6 Å². The van der Waals surface area contributed by atoms with Gasteiger partial charge in [0, 0.05) is 5.69 Å². The van der Waals surface area contributed by atoms with Crippen LogP contribution in [0.3, 0.4) is 0 Å². The molecule has 6 nitrogen and oxygen atoms in total. The number of carbonyl (C=O) groups is 1. The van der Waals surface area contributed by atoms with Crippen molar-refractivity contribution in [1.29, 1.82) is 5.26 Å². The maximum absolute atomic E-state index is 15.0. The molecule has 1 aliphatic heterocycles. The number of benzene rings is 2. The van der Waals surface area contributed by atoms with E-state index in [9.17, 15) is 22.4 Å². The molecule has 1 heterocycles. The molecule has 0 aliphatic carbocycles. The van der Waals surface area contributed by atoms with Gasteiger partial charge in [0.05, 0.1) is 23.9 Å². The fourth-order valence-corrected chi connectivity index (χ4v) is 3.92. The molecule has 0 aromatic heterocycles. The van der Waals surface area contributed by atoms with Crippen LogP contribution in [-0.2, 0) is 11.0 Å². The third-order valence-electron chi connectivity index (χ3n) is 4.89. The quantitative estimate of drug-likeness (QED) is 0.529. The molecule has 1 N–H and O–H groups in total. The molecule has 2 aromatic carbocycles. The number of hydrogen-bond acceptors (Lipinski definition) is 5.